The summed E-state index contributed by atoms with van der Waals surface area (Å²) >= 11 is 0. The first-order valence-electron chi connectivity index (χ1n) is 8.38. The van der Waals surface area contributed by atoms with Crippen molar-refractivity contribution < 1.29 is 9.53 Å². The maximum Gasteiger partial charge on any atom is 0.261 e. The topological polar surface area (TPSA) is 84.1 Å². The lowest BCUT2D eigenvalue weighted by Crippen LogP contribution is -2.36. The molecule has 0 aliphatic heterocycles. The summed E-state index contributed by atoms with van der Waals surface area (Å²) in [5, 5.41) is 2.76. The van der Waals surface area contributed by atoms with Crippen LogP contribution in [-0.4, -0.2) is 22.0 Å². The molecule has 1 heterocycles. The van der Waals surface area contributed by atoms with E-state index in [9.17, 15) is 9.59 Å². The van der Waals surface area contributed by atoms with Gasteiger partial charge in [-0.1, -0.05) is 26.0 Å². The molecule has 0 spiro atoms. The molecule has 0 fully saturated rings. The van der Waals surface area contributed by atoms with E-state index in [0.717, 1.165) is 16.9 Å². The Balaban J connectivity index is 2.03. The molecule has 2 N–H and O–H groups in total. The first-order chi connectivity index (χ1) is 11.8. The van der Waals surface area contributed by atoms with Crippen LogP contribution in [0.5, 0.6) is 5.75 Å². The number of H-pyrrole nitrogens is 1. The van der Waals surface area contributed by atoms with Gasteiger partial charge in [0.05, 0.1) is 12.2 Å². The maximum atomic E-state index is 12.3. The van der Waals surface area contributed by atoms with Crippen LogP contribution in [-0.2, 0) is 11.3 Å². The smallest absolute Gasteiger partial charge is 0.261 e. The van der Waals surface area contributed by atoms with Gasteiger partial charge in [-0.15, -0.1) is 0 Å². The molecule has 1 atom stereocenters. The van der Waals surface area contributed by atoms with Crippen molar-refractivity contribution >= 4 is 5.91 Å². The van der Waals surface area contributed by atoms with Crippen LogP contribution in [0.15, 0.2) is 29.1 Å². The first kappa shape index (κ1) is 18.7. The van der Waals surface area contributed by atoms with Crippen molar-refractivity contribution in [1.29, 1.82) is 0 Å². The van der Waals surface area contributed by atoms with E-state index in [4.69, 9.17) is 4.74 Å². The zero-order chi connectivity index (χ0) is 18.6. The molecule has 1 aromatic carbocycles. The Kier molecular flexibility index (Phi) is 5.96. The zero-order valence-corrected chi connectivity index (χ0v) is 15.3. The van der Waals surface area contributed by atoms with Crippen molar-refractivity contribution in [3.63, 3.8) is 0 Å². The van der Waals surface area contributed by atoms with Crippen LogP contribution < -0.4 is 15.6 Å². The van der Waals surface area contributed by atoms with E-state index in [2.05, 4.69) is 29.1 Å². The van der Waals surface area contributed by atoms with Crippen molar-refractivity contribution in [2.75, 3.05) is 0 Å². The number of nitrogens with zero attached hydrogens (tertiary/aromatic N) is 1. The van der Waals surface area contributed by atoms with Crippen molar-refractivity contribution in [2.45, 2.75) is 53.2 Å². The van der Waals surface area contributed by atoms with Crippen LogP contribution in [0.1, 0.15) is 49.3 Å². The molecular weight excluding hydrogens is 318 g/mol. The van der Waals surface area contributed by atoms with Crippen molar-refractivity contribution in [3.8, 4) is 5.75 Å². The highest BCUT2D eigenvalue weighted by atomic mass is 16.5. The Morgan fingerprint density at radius 1 is 1.24 bits per heavy atom. The molecule has 6 heteroatoms. The molecule has 0 radical (unpaired) electrons. The number of ether oxygens (including phenoxy) is 1. The van der Waals surface area contributed by atoms with Crippen molar-refractivity contribution in [3.05, 3.63) is 57.3 Å². The molecule has 25 heavy (non-hydrogen) atoms. The highest BCUT2D eigenvalue weighted by molar-refractivity contribution is 5.80. The summed E-state index contributed by atoms with van der Waals surface area (Å²) in [6.45, 7) is 9.75. The first-order valence-corrected chi connectivity index (χ1v) is 8.38. The Bertz CT molecular complexity index is 812. The molecule has 2 rings (SSSR count). The van der Waals surface area contributed by atoms with Gasteiger partial charge in [-0.25, -0.2) is 4.98 Å². The van der Waals surface area contributed by atoms with E-state index in [0.29, 0.717) is 17.4 Å². The molecule has 134 valence electrons. The summed E-state index contributed by atoms with van der Waals surface area (Å²) in [5.41, 5.74) is 2.43. The van der Waals surface area contributed by atoms with E-state index in [1.54, 1.807) is 13.8 Å². The Morgan fingerprint density at radius 2 is 1.96 bits per heavy atom. The third-order valence-electron chi connectivity index (χ3n) is 3.82. The quantitative estimate of drug-likeness (QED) is 0.844. The molecular formula is C19H25N3O3. The van der Waals surface area contributed by atoms with Gasteiger partial charge in [-0.2, -0.15) is 0 Å². The Hall–Kier alpha value is -2.63. The molecule has 0 aliphatic carbocycles. The molecule has 0 aliphatic rings. The molecule has 1 unspecified atom stereocenters. The number of nitrogens with one attached hydrogen (secondary N) is 2. The molecule has 0 saturated heterocycles. The number of hydrogen-bond acceptors (Lipinski definition) is 4. The maximum absolute atomic E-state index is 12.3. The van der Waals surface area contributed by atoms with Crippen LogP contribution >= 0.6 is 0 Å². The van der Waals surface area contributed by atoms with E-state index >= 15 is 0 Å². The normalized spacial score (nSPS) is 12.1. The van der Waals surface area contributed by atoms with Gasteiger partial charge in [-0.05, 0) is 43.9 Å². The van der Waals surface area contributed by atoms with Gasteiger partial charge in [0.15, 0.2) is 6.10 Å². The van der Waals surface area contributed by atoms with Crippen LogP contribution in [0.2, 0.25) is 0 Å². The largest absolute Gasteiger partial charge is 0.481 e. The van der Waals surface area contributed by atoms with E-state index < -0.39 is 6.10 Å². The van der Waals surface area contributed by atoms with Crippen LogP contribution in [0.25, 0.3) is 0 Å². The number of rotatable bonds is 6. The number of carbonyl (C=O) groups is 1. The predicted octanol–water partition coefficient (Wildman–Crippen LogP) is 2.59. The average Bonchev–Trinajstić information content (AvgIpc) is 2.51. The standard InChI is InChI=1S/C19H25N3O3/c1-11(2)16-7-6-12(3)8-17(16)25-13(4)19(24)20-10-15-9-18(23)22-14(5)21-15/h6-9,11,13H,10H2,1-5H3,(H,20,24)(H,21,22,23). The number of amides is 1. The SMILES string of the molecule is Cc1ccc(C(C)C)c(OC(C)C(=O)NCc2cc(=O)[nH]c(C)n2)c1. The Labute approximate surface area is 147 Å². The third kappa shape index (κ3) is 5.17. The monoisotopic (exact) mass is 343 g/mol. The van der Waals surface area contributed by atoms with Gasteiger partial charge in [0.1, 0.15) is 11.6 Å². The second kappa shape index (κ2) is 7.96. The lowest BCUT2D eigenvalue weighted by Gasteiger charge is -2.19. The van der Waals surface area contributed by atoms with Crippen LogP contribution in [0.4, 0.5) is 0 Å². The van der Waals surface area contributed by atoms with Gasteiger partial charge < -0.3 is 15.0 Å². The second-order valence-electron chi connectivity index (χ2n) is 6.50. The fourth-order valence-electron chi connectivity index (χ4n) is 2.52. The highest BCUT2D eigenvalue weighted by Crippen LogP contribution is 2.28. The number of aryl methyl sites for hydroxylation is 2. The Morgan fingerprint density at radius 3 is 2.60 bits per heavy atom. The zero-order valence-electron chi connectivity index (χ0n) is 15.3. The predicted molar refractivity (Wildman–Crippen MR) is 96.8 cm³/mol. The number of aromatic amines is 1. The number of hydrogen-bond donors (Lipinski definition) is 2. The minimum atomic E-state index is -0.651. The van der Waals surface area contributed by atoms with Crippen LogP contribution in [0, 0.1) is 13.8 Å². The highest BCUT2D eigenvalue weighted by Gasteiger charge is 2.17. The van der Waals surface area contributed by atoms with Crippen molar-refractivity contribution in [1.82, 2.24) is 15.3 Å². The lowest BCUT2D eigenvalue weighted by atomic mass is 10.0. The summed E-state index contributed by atoms with van der Waals surface area (Å²) in [4.78, 5) is 30.5. The van der Waals surface area contributed by atoms with Gasteiger partial charge in [-0.3, -0.25) is 9.59 Å². The van der Waals surface area contributed by atoms with Gasteiger partial charge in [0.25, 0.3) is 11.5 Å². The molecule has 1 aromatic heterocycles. The minimum absolute atomic E-state index is 0.183. The molecule has 0 saturated carbocycles. The van der Waals surface area contributed by atoms with E-state index in [-0.39, 0.29) is 18.0 Å². The molecule has 1 amide bonds. The summed E-state index contributed by atoms with van der Waals surface area (Å²) in [6.07, 6.45) is -0.651. The van der Waals surface area contributed by atoms with Gasteiger partial charge in [0.2, 0.25) is 0 Å². The fraction of sp³-hybridized carbons (Fsp3) is 0.421. The molecule has 2 aromatic rings. The van der Waals surface area contributed by atoms with Crippen molar-refractivity contribution in [2.24, 2.45) is 0 Å². The minimum Gasteiger partial charge on any atom is -0.481 e. The third-order valence-corrected chi connectivity index (χ3v) is 3.82. The number of aromatic nitrogens is 2. The summed E-state index contributed by atoms with van der Waals surface area (Å²) in [7, 11) is 0. The summed E-state index contributed by atoms with van der Waals surface area (Å²) in [5.74, 6) is 1.29. The number of carbonyl (C=O) groups excluding carboxylic acids is 1. The van der Waals surface area contributed by atoms with Crippen LogP contribution in [0.3, 0.4) is 0 Å². The second-order valence-corrected chi connectivity index (χ2v) is 6.50. The van der Waals surface area contributed by atoms with Gasteiger partial charge >= 0.3 is 0 Å². The van der Waals surface area contributed by atoms with E-state index in [1.807, 2.05) is 25.1 Å². The lowest BCUT2D eigenvalue weighted by molar-refractivity contribution is -0.127. The van der Waals surface area contributed by atoms with Gasteiger partial charge in [0, 0.05) is 6.07 Å². The summed E-state index contributed by atoms with van der Waals surface area (Å²) < 4.78 is 5.88. The molecule has 6 nitrogen and oxygen atoms in total. The fourth-order valence-corrected chi connectivity index (χ4v) is 2.52. The molecule has 0 bridgehead atoms. The summed E-state index contributed by atoms with van der Waals surface area (Å²) in [6, 6.07) is 7.38. The average molecular weight is 343 g/mol. The van der Waals surface area contributed by atoms with E-state index in [1.165, 1.54) is 6.07 Å². The number of benzene rings is 1.